The number of aliphatic imine (C=N–C) groups is 1. The summed E-state index contributed by atoms with van der Waals surface area (Å²) in [6, 6.07) is 0. The lowest BCUT2D eigenvalue weighted by molar-refractivity contribution is -0.142. The maximum atomic E-state index is 12.4. The minimum atomic E-state index is -3.01. The second-order valence-electron chi connectivity index (χ2n) is 6.29. The zero-order chi connectivity index (χ0) is 18.3. The fourth-order valence-electron chi connectivity index (χ4n) is 2.98. The Hall–Kier alpha value is -0.620. The highest BCUT2D eigenvalue weighted by Crippen LogP contribution is 2.16. The van der Waals surface area contributed by atoms with E-state index in [9.17, 15) is 13.2 Å². The highest BCUT2D eigenvalue weighted by atomic mass is 127. The number of carbonyl (C=O) groups is 1. The molecule has 0 spiro atoms. The summed E-state index contributed by atoms with van der Waals surface area (Å²) >= 11 is 0. The van der Waals surface area contributed by atoms with E-state index in [1.54, 1.807) is 6.92 Å². The van der Waals surface area contributed by atoms with Gasteiger partial charge in [0.15, 0.2) is 15.8 Å². The van der Waals surface area contributed by atoms with E-state index < -0.39 is 9.84 Å². The normalized spacial score (nSPS) is 21.5. The van der Waals surface area contributed by atoms with Crippen LogP contribution in [0.15, 0.2) is 4.99 Å². The van der Waals surface area contributed by atoms with Gasteiger partial charge in [-0.2, -0.15) is 0 Å². The fourth-order valence-corrected chi connectivity index (χ4v) is 3.63. The molecule has 2 fully saturated rings. The van der Waals surface area contributed by atoms with Crippen molar-refractivity contribution in [2.45, 2.75) is 32.8 Å². The molecule has 1 amide bonds. The zero-order valence-electron chi connectivity index (χ0n) is 15.6. The quantitative estimate of drug-likeness (QED) is 0.320. The topological polar surface area (TPSA) is 91.3 Å². The summed E-state index contributed by atoms with van der Waals surface area (Å²) in [5.74, 6) is 1.02. The number of nitrogens with zero attached hydrogens (tertiary/aromatic N) is 3. The van der Waals surface area contributed by atoms with Gasteiger partial charge in [0.2, 0.25) is 0 Å². The second-order valence-corrected chi connectivity index (χ2v) is 8.76. The summed E-state index contributed by atoms with van der Waals surface area (Å²) in [4.78, 5) is 20.8. The molecular formula is C16H31IN4O4S. The van der Waals surface area contributed by atoms with Crippen molar-refractivity contribution in [3.63, 3.8) is 0 Å². The molecule has 2 rings (SSSR count). The van der Waals surface area contributed by atoms with Crippen LogP contribution in [0.1, 0.15) is 26.7 Å². The third kappa shape index (κ3) is 6.84. The number of guanidine groups is 1. The van der Waals surface area contributed by atoms with Crippen molar-refractivity contribution < 1.29 is 17.9 Å². The predicted octanol–water partition coefficient (Wildman–Crippen LogP) is 0.328. The number of hydrogen-bond acceptors (Lipinski definition) is 5. The number of hydrogen-bond donors (Lipinski definition) is 1. The van der Waals surface area contributed by atoms with Gasteiger partial charge in [0.1, 0.15) is 6.10 Å². The van der Waals surface area contributed by atoms with Gasteiger partial charge in [-0.1, -0.05) is 6.92 Å². The fraction of sp³-hybridized carbons (Fsp3) is 0.875. The first-order valence-corrected chi connectivity index (χ1v) is 10.9. The molecule has 2 aliphatic heterocycles. The Morgan fingerprint density at radius 2 is 1.85 bits per heavy atom. The van der Waals surface area contributed by atoms with Gasteiger partial charge < -0.3 is 19.9 Å². The number of sulfone groups is 1. The highest BCUT2D eigenvalue weighted by Gasteiger charge is 2.30. The van der Waals surface area contributed by atoms with Gasteiger partial charge in [0.05, 0.1) is 12.3 Å². The Morgan fingerprint density at radius 3 is 2.38 bits per heavy atom. The summed E-state index contributed by atoms with van der Waals surface area (Å²) < 4.78 is 28.7. The van der Waals surface area contributed by atoms with E-state index in [-0.39, 0.29) is 54.0 Å². The van der Waals surface area contributed by atoms with Crippen LogP contribution in [-0.2, 0) is 19.4 Å². The minimum Gasteiger partial charge on any atom is -0.368 e. The standard InChI is InChI=1S/C16H30N4O4S.HI/c1-3-17-16(18-7-13-25(22,23)4-2)20-10-8-19(9-11-20)15(21)14-6-5-12-24-14;/h14H,3-13H2,1-2H3,(H,17,18);1H. The molecule has 0 radical (unpaired) electrons. The Bertz CT molecular complexity index is 571. The van der Waals surface area contributed by atoms with Crippen molar-refractivity contribution in [2.75, 3.05) is 57.4 Å². The van der Waals surface area contributed by atoms with E-state index in [0.717, 1.165) is 18.8 Å². The van der Waals surface area contributed by atoms with Gasteiger partial charge in [-0.05, 0) is 19.8 Å². The van der Waals surface area contributed by atoms with Crippen LogP contribution in [0.2, 0.25) is 0 Å². The largest absolute Gasteiger partial charge is 0.368 e. The SMILES string of the molecule is CCNC(=NCCS(=O)(=O)CC)N1CCN(C(=O)C2CCCO2)CC1.I. The van der Waals surface area contributed by atoms with Crippen molar-refractivity contribution in [1.82, 2.24) is 15.1 Å². The predicted molar refractivity (Wildman–Crippen MR) is 113 cm³/mol. The Balaban J connectivity index is 0.00000338. The molecule has 0 bridgehead atoms. The van der Waals surface area contributed by atoms with E-state index in [1.807, 2.05) is 11.8 Å². The first-order valence-electron chi connectivity index (χ1n) is 9.11. The van der Waals surface area contributed by atoms with E-state index in [1.165, 1.54) is 0 Å². The van der Waals surface area contributed by atoms with E-state index in [2.05, 4.69) is 15.2 Å². The lowest BCUT2D eigenvalue weighted by Crippen LogP contribution is -2.55. The lowest BCUT2D eigenvalue weighted by Gasteiger charge is -2.37. The molecule has 10 heteroatoms. The number of rotatable bonds is 6. The van der Waals surface area contributed by atoms with Gasteiger partial charge in [-0.3, -0.25) is 9.79 Å². The molecule has 2 saturated heterocycles. The molecule has 1 atom stereocenters. The first-order chi connectivity index (χ1) is 12.0. The van der Waals surface area contributed by atoms with Crippen LogP contribution < -0.4 is 5.32 Å². The Morgan fingerprint density at radius 1 is 1.19 bits per heavy atom. The number of nitrogens with one attached hydrogen (secondary N) is 1. The molecule has 0 saturated carbocycles. The van der Waals surface area contributed by atoms with Crippen LogP contribution in [-0.4, -0.2) is 93.6 Å². The Labute approximate surface area is 173 Å². The van der Waals surface area contributed by atoms with Crippen LogP contribution in [0.25, 0.3) is 0 Å². The molecule has 0 aromatic heterocycles. The molecule has 1 N–H and O–H groups in total. The maximum absolute atomic E-state index is 12.4. The molecule has 0 aromatic rings. The van der Waals surface area contributed by atoms with E-state index in [4.69, 9.17) is 4.74 Å². The monoisotopic (exact) mass is 502 g/mol. The van der Waals surface area contributed by atoms with Gasteiger partial charge in [-0.15, -0.1) is 24.0 Å². The number of carbonyl (C=O) groups excluding carboxylic acids is 1. The highest BCUT2D eigenvalue weighted by molar-refractivity contribution is 14.0. The maximum Gasteiger partial charge on any atom is 0.251 e. The van der Waals surface area contributed by atoms with E-state index >= 15 is 0 Å². The van der Waals surface area contributed by atoms with Crippen molar-refractivity contribution in [3.8, 4) is 0 Å². The first kappa shape index (κ1) is 23.4. The summed E-state index contributed by atoms with van der Waals surface area (Å²) in [5.41, 5.74) is 0. The number of piperazine rings is 1. The van der Waals surface area contributed by atoms with Gasteiger partial charge in [-0.25, -0.2) is 8.42 Å². The molecule has 26 heavy (non-hydrogen) atoms. The van der Waals surface area contributed by atoms with Crippen molar-refractivity contribution in [1.29, 1.82) is 0 Å². The van der Waals surface area contributed by atoms with Crippen molar-refractivity contribution in [2.24, 2.45) is 4.99 Å². The molecule has 0 aliphatic carbocycles. The number of halogens is 1. The van der Waals surface area contributed by atoms with Crippen molar-refractivity contribution in [3.05, 3.63) is 0 Å². The third-order valence-corrected chi connectivity index (χ3v) is 6.22. The van der Waals surface area contributed by atoms with Crippen molar-refractivity contribution >= 4 is 45.7 Å². The smallest absolute Gasteiger partial charge is 0.251 e. The summed E-state index contributed by atoms with van der Waals surface area (Å²) in [6.07, 6.45) is 1.50. The molecule has 2 aliphatic rings. The Kier molecular flexibility index (Phi) is 10.2. The molecule has 2 heterocycles. The summed E-state index contributed by atoms with van der Waals surface area (Å²) in [6.45, 7) is 7.92. The minimum absolute atomic E-state index is 0. The average Bonchev–Trinajstić information content (AvgIpc) is 3.15. The third-order valence-electron chi connectivity index (χ3n) is 4.53. The van der Waals surface area contributed by atoms with E-state index in [0.29, 0.717) is 39.3 Å². The molecule has 1 unspecified atom stereocenters. The number of ether oxygens (including phenoxy) is 1. The summed E-state index contributed by atoms with van der Waals surface area (Å²) in [5, 5.41) is 3.21. The molecule has 152 valence electrons. The summed E-state index contributed by atoms with van der Waals surface area (Å²) in [7, 11) is -3.01. The second kappa shape index (κ2) is 11.3. The van der Waals surface area contributed by atoms with Crippen LogP contribution in [0.5, 0.6) is 0 Å². The van der Waals surface area contributed by atoms with Crippen LogP contribution >= 0.6 is 24.0 Å². The molecular weight excluding hydrogens is 471 g/mol. The van der Waals surface area contributed by atoms with Crippen LogP contribution in [0.4, 0.5) is 0 Å². The van der Waals surface area contributed by atoms with Gasteiger partial charge >= 0.3 is 0 Å². The molecule has 0 aromatic carbocycles. The average molecular weight is 502 g/mol. The van der Waals surface area contributed by atoms with Crippen LogP contribution in [0, 0.1) is 0 Å². The molecule has 8 nitrogen and oxygen atoms in total. The van der Waals surface area contributed by atoms with Gasteiger partial charge in [0, 0.05) is 45.1 Å². The van der Waals surface area contributed by atoms with Gasteiger partial charge in [0.25, 0.3) is 5.91 Å². The lowest BCUT2D eigenvalue weighted by atomic mass is 10.2. The van der Waals surface area contributed by atoms with Crippen LogP contribution in [0.3, 0.4) is 0 Å². The number of amides is 1. The zero-order valence-corrected chi connectivity index (χ0v) is 18.8.